The molecule has 1 aromatic rings. The van der Waals surface area contributed by atoms with Gasteiger partial charge in [0, 0.05) is 11.7 Å². The largest absolute Gasteiger partial charge is 0.492 e. The first-order valence-corrected chi connectivity index (χ1v) is 7.25. The Morgan fingerprint density at radius 2 is 2.22 bits per heavy atom. The summed E-state index contributed by atoms with van der Waals surface area (Å²) in [4.78, 5) is 0. The van der Waals surface area contributed by atoms with Gasteiger partial charge >= 0.3 is 0 Å². The highest BCUT2D eigenvalue weighted by atomic mass is 35.5. The minimum atomic E-state index is 0.596. The van der Waals surface area contributed by atoms with Crippen molar-refractivity contribution in [2.45, 2.75) is 45.6 Å². The first kappa shape index (κ1) is 13.5. The summed E-state index contributed by atoms with van der Waals surface area (Å²) in [7, 11) is 0. The predicted octanol–water partition coefficient (Wildman–Crippen LogP) is 4.73. The fraction of sp³-hybridized carbons (Fsp3) is 0.600. The van der Waals surface area contributed by atoms with Crippen LogP contribution in [0.25, 0.3) is 0 Å². The first-order chi connectivity index (χ1) is 8.69. The van der Waals surface area contributed by atoms with Crippen molar-refractivity contribution in [1.29, 1.82) is 0 Å². The van der Waals surface area contributed by atoms with Crippen molar-refractivity contribution in [3.05, 3.63) is 23.2 Å². The maximum absolute atomic E-state index is 6.21. The van der Waals surface area contributed by atoms with Gasteiger partial charge in [0.1, 0.15) is 5.75 Å². The number of benzene rings is 1. The Morgan fingerprint density at radius 3 is 2.83 bits per heavy atom. The van der Waals surface area contributed by atoms with Crippen molar-refractivity contribution in [1.82, 2.24) is 0 Å². The molecule has 1 N–H and O–H groups in total. The van der Waals surface area contributed by atoms with Crippen molar-refractivity contribution in [3.8, 4) is 5.75 Å². The number of halogens is 1. The van der Waals surface area contributed by atoms with Gasteiger partial charge < -0.3 is 10.1 Å². The van der Waals surface area contributed by atoms with Gasteiger partial charge in [-0.3, -0.25) is 0 Å². The molecular formula is C15H22ClNO. The van der Waals surface area contributed by atoms with E-state index in [1.165, 1.54) is 19.3 Å². The SMILES string of the molecule is CCCOc1ccc(NC2CCC(C)C2)cc1Cl. The molecule has 1 aliphatic rings. The number of rotatable bonds is 5. The molecule has 0 aliphatic heterocycles. The van der Waals surface area contributed by atoms with E-state index in [-0.39, 0.29) is 0 Å². The second-order valence-corrected chi connectivity index (χ2v) is 5.66. The number of anilines is 1. The Balaban J connectivity index is 1.95. The first-order valence-electron chi connectivity index (χ1n) is 6.88. The van der Waals surface area contributed by atoms with Crippen LogP contribution in [-0.4, -0.2) is 12.6 Å². The Bertz CT molecular complexity index is 394. The standard InChI is InChI=1S/C15H22ClNO/c1-3-8-18-15-7-6-13(10-14(15)16)17-12-5-4-11(2)9-12/h6-7,10-12,17H,3-5,8-9H2,1-2H3. The maximum Gasteiger partial charge on any atom is 0.138 e. The van der Waals surface area contributed by atoms with E-state index in [1.54, 1.807) is 0 Å². The summed E-state index contributed by atoms with van der Waals surface area (Å²) in [6.45, 7) is 5.12. The molecule has 0 saturated heterocycles. The summed E-state index contributed by atoms with van der Waals surface area (Å²) >= 11 is 6.21. The molecule has 1 fully saturated rings. The number of ether oxygens (including phenoxy) is 1. The monoisotopic (exact) mass is 267 g/mol. The third kappa shape index (κ3) is 3.55. The molecule has 2 nitrogen and oxygen atoms in total. The van der Waals surface area contributed by atoms with E-state index in [9.17, 15) is 0 Å². The summed E-state index contributed by atoms with van der Waals surface area (Å²) < 4.78 is 5.57. The zero-order chi connectivity index (χ0) is 13.0. The Morgan fingerprint density at radius 1 is 1.39 bits per heavy atom. The van der Waals surface area contributed by atoms with Crippen molar-refractivity contribution in [3.63, 3.8) is 0 Å². The minimum Gasteiger partial charge on any atom is -0.492 e. The highest BCUT2D eigenvalue weighted by Gasteiger charge is 2.21. The molecule has 0 spiro atoms. The number of hydrogen-bond acceptors (Lipinski definition) is 2. The molecule has 1 aromatic carbocycles. The molecule has 100 valence electrons. The van der Waals surface area contributed by atoms with Crippen molar-refractivity contribution >= 4 is 17.3 Å². The number of hydrogen-bond donors (Lipinski definition) is 1. The van der Waals surface area contributed by atoms with Gasteiger partial charge in [0.2, 0.25) is 0 Å². The van der Waals surface area contributed by atoms with Crippen LogP contribution in [0.1, 0.15) is 39.5 Å². The van der Waals surface area contributed by atoms with Gasteiger partial charge in [0.05, 0.1) is 11.6 Å². The van der Waals surface area contributed by atoms with Crippen LogP contribution in [-0.2, 0) is 0 Å². The lowest BCUT2D eigenvalue weighted by molar-refractivity contribution is 0.317. The molecule has 0 aromatic heterocycles. The van der Waals surface area contributed by atoms with Crippen molar-refractivity contribution < 1.29 is 4.74 Å². The van der Waals surface area contributed by atoms with Crippen LogP contribution in [0.3, 0.4) is 0 Å². The lowest BCUT2D eigenvalue weighted by Gasteiger charge is -2.15. The van der Waals surface area contributed by atoms with E-state index in [1.807, 2.05) is 12.1 Å². The normalized spacial score (nSPS) is 23.1. The van der Waals surface area contributed by atoms with Crippen LogP contribution >= 0.6 is 11.6 Å². The Labute approximate surface area is 115 Å². The van der Waals surface area contributed by atoms with Crippen LogP contribution in [0.5, 0.6) is 5.75 Å². The second kappa shape index (κ2) is 6.33. The number of nitrogens with one attached hydrogen (secondary N) is 1. The minimum absolute atomic E-state index is 0.596. The summed E-state index contributed by atoms with van der Waals surface area (Å²) in [5, 5.41) is 4.25. The third-order valence-corrected chi connectivity index (χ3v) is 3.75. The third-order valence-electron chi connectivity index (χ3n) is 3.46. The molecule has 0 amide bonds. The van der Waals surface area contributed by atoms with Gasteiger partial charge in [0.15, 0.2) is 0 Å². The molecule has 0 radical (unpaired) electrons. The van der Waals surface area contributed by atoms with Crippen LogP contribution in [0.2, 0.25) is 5.02 Å². The summed E-state index contributed by atoms with van der Waals surface area (Å²) in [5.74, 6) is 1.62. The predicted molar refractivity (Wildman–Crippen MR) is 77.7 cm³/mol. The van der Waals surface area contributed by atoms with Gasteiger partial charge in [-0.05, 0) is 49.8 Å². The molecule has 1 saturated carbocycles. The molecule has 0 bridgehead atoms. The molecule has 0 heterocycles. The van der Waals surface area contributed by atoms with Gasteiger partial charge in [-0.1, -0.05) is 25.4 Å². The van der Waals surface area contributed by atoms with E-state index in [0.717, 1.165) is 23.8 Å². The van der Waals surface area contributed by atoms with Crippen LogP contribution in [0.15, 0.2) is 18.2 Å². The van der Waals surface area contributed by atoms with Crippen molar-refractivity contribution in [2.24, 2.45) is 5.92 Å². The van der Waals surface area contributed by atoms with E-state index in [0.29, 0.717) is 17.7 Å². The topological polar surface area (TPSA) is 21.3 Å². The van der Waals surface area contributed by atoms with Gasteiger partial charge in [-0.25, -0.2) is 0 Å². The summed E-state index contributed by atoms with van der Waals surface area (Å²) in [5.41, 5.74) is 1.10. The van der Waals surface area contributed by atoms with E-state index >= 15 is 0 Å². The molecule has 3 heteroatoms. The van der Waals surface area contributed by atoms with Gasteiger partial charge in [0.25, 0.3) is 0 Å². The molecule has 2 atom stereocenters. The smallest absolute Gasteiger partial charge is 0.138 e. The van der Waals surface area contributed by atoms with E-state index in [4.69, 9.17) is 16.3 Å². The summed E-state index contributed by atoms with van der Waals surface area (Å²) in [6.07, 6.45) is 4.83. The summed E-state index contributed by atoms with van der Waals surface area (Å²) in [6, 6.07) is 6.58. The van der Waals surface area contributed by atoms with E-state index < -0.39 is 0 Å². The maximum atomic E-state index is 6.21. The quantitative estimate of drug-likeness (QED) is 0.833. The molecular weight excluding hydrogens is 246 g/mol. The van der Waals surface area contributed by atoms with Crippen LogP contribution in [0, 0.1) is 5.92 Å². The van der Waals surface area contributed by atoms with E-state index in [2.05, 4.69) is 25.2 Å². The Hall–Kier alpha value is -0.890. The second-order valence-electron chi connectivity index (χ2n) is 5.25. The average Bonchev–Trinajstić information content (AvgIpc) is 2.74. The van der Waals surface area contributed by atoms with Gasteiger partial charge in [-0.15, -0.1) is 0 Å². The average molecular weight is 268 g/mol. The van der Waals surface area contributed by atoms with Crippen molar-refractivity contribution in [2.75, 3.05) is 11.9 Å². The highest BCUT2D eigenvalue weighted by Crippen LogP contribution is 2.31. The molecule has 18 heavy (non-hydrogen) atoms. The fourth-order valence-corrected chi connectivity index (χ4v) is 2.73. The Kier molecular flexibility index (Phi) is 4.76. The molecule has 2 rings (SSSR count). The van der Waals surface area contributed by atoms with Crippen LogP contribution < -0.4 is 10.1 Å². The van der Waals surface area contributed by atoms with Gasteiger partial charge in [-0.2, -0.15) is 0 Å². The van der Waals surface area contributed by atoms with Crippen LogP contribution in [0.4, 0.5) is 5.69 Å². The fourth-order valence-electron chi connectivity index (χ4n) is 2.49. The zero-order valence-electron chi connectivity index (χ0n) is 11.2. The highest BCUT2D eigenvalue weighted by molar-refractivity contribution is 6.32. The molecule has 2 unspecified atom stereocenters. The lowest BCUT2D eigenvalue weighted by atomic mass is 10.1. The lowest BCUT2D eigenvalue weighted by Crippen LogP contribution is -2.15. The molecule has 1 aliphatic carbocycles. The zero-order valence-corrected chi connectivity index (χ0v) is 12.0.